The Morgan fingerprint density at radius 3 is 2.87 bits per heavy atom. The van der Waals surface area contributed by atoms with Crippen LogP contribution >= 0.6 is 12.4 Å². The summed E-state index contributed by atoms with van der Waals surface area (Å²) in [6.07, 6.45) is 2.25. The van der Waals surface area contributed by atoms with Crippen LogP contribution in [0.4, 0.5) is 4.39 Å². The molecule has 2 nitrogen and oxygen atoms in total. The van der Waals surface area contributed by atoms with Crippen LogP contribution in [0.3, 0.4) is 0 Å². The van der Waals surface area contributed by atoms with E-state index >= 15 is 0 Å². The van der Waals surface area contributed by atoms with Gasteiger partial charge < -0.3 is 10.7 Å². The molecule has 0 unspecified atom stereocenters. The molecular weight excluding hydrogens is 215 g/mol. The Hall–Kier alpha value is -1.06. The maximum Gasteiger partial charge on any atom is 0.0912 e. The minimum absolute atomic E-state index is 0. The van der Waals surface area contributed by atoms with Gasteiger partial charge in [-0.25, -0.2) is 0 Å². The highest BCUT2D eigenvalue weighted by Crippen LogP contribution is 2.23. The molecule has 0 bridgehead atoms. The van der Waals surface area contributed by atoms with Crippen LogP contribution in [0.25, 0.3) is 10.9 Å². The third-order valence-electron chi connectivity index (χ3n) is 2.45. The maximum absolute atomic E-state index is 12.2. The summed E-state index contributed by atoms with van der Waals surface area (Å²) in [5, 5.41) is 1.09. The van der Waals surface area contributed by atoms with Crippen molar-refractivity contribution in [2.45, 2.75) is 12.5 Å². The van der Waals surface area contributed by atoms with Crippen molar-refractivity contribution >= 4 is 23.3 Å². The van der Waals surface area contributed by atoms with Crippen LogP contribution in [0.15, 0.2) is 30.5 Å². The number of hydrogen-bond acceptors (Lipinski definition) is 1. The molecule has 0 spiro atoms. The molecule has 0 aliphatic heterocycles. The minimum atomic E-state index is -0.373. The summed E-state index contributed by atoms with van der Waals surface area (Å²) >= 11 is 0. The van der Waals surface area contributed by atoms with Crippen LogP contribution in [0, 0.1) is 0 Å². The lowest BCUT2D eigenvalue weighted by Gasteiger charge is -2.10. The number of aromatic amines is 1. The van der Waals surface area contributed by atoms with Crippen LogP contribution in [-0.4, -0.2) is 11.7 Å². The molecule has 15 heavy (non-hydrogen) atoms. The second-order valence-corrected chi connectivity index (χ2v) is 3.37. The quantitative estimate of drug-likeness (QED) is 0.833. The van der Waals surface area contributed by atoms with Gasteiger partial charge in [-0.3, -0.25) is 4.39 Å². The molecule has 0 amide bonds. The molecule has 0 radical (unpaired) electrons. The van der Waals surface area contributed by atoms with E-state index in [1.807, 2.05) is 30.5 Å². The van der Waals surface area contributed by atoms with Gasteiger partial charge in [-0.05, 0) is 24.1 Å². The average Bonchev–Trinajstić information content (AvgIpc) is 2.65. The molecule has 4 heteroatoms. The van der Waals surface area contributed by atoms with Crippen molar-refractivity contribution < 1.29 is 4.39 Å². The lowest BCUT2D eigenvalue weighted by molar-refractivity contribution is 0.443. The van der Waals surface area contributed by atoms with E-state index in [1.54, 1.807) is 0 Å². The van der Waals surface area contributed by atoms with Gasteiger partial charge in [0.25, 0.3) is 0 Å². The van der Waals surface area contributed by atoms with Crippen LogP contribution < -0.4 is 5.73 Å². The van der Waals surface area contributed by atoms with E-state index in [2.05, 4.69) is 4.98 Å². The van der Waals surface area contributed by atoms with Gasteiger partial charge in [0.05, 0.1) is 6.67 Å². The van der Waals surface area contributed by atoms with Gasteiger partial charge in [0.1, 0.15) is 0 Å². The molecule has 1 atom stereocenters. The highest BCUT2D eigenvalue weighted by molar-refractivity contribution is 5.85. The summed E-state index contributed by atoms with van der Waals surface area (Å²) in [4.78, 5) is 3.11. The van der Waals surface area contributed by atoms with E-state index < -0.39 is 0 Å². The van der Waals surface area contributed by atoms with Crippen molar-refractivity contribution in [1.82, 2.24) is 4.98 Å². The summed E-state index contributed by atoms with van der Waals surface area (Å²) in [6.45, 7) is -0.373. The number of hydrogen-bond donors (Lipinski definition) is 2. The maximum atomic E-state index is 12.2. The Morgan fingerprint density at radius 1 is 1.33 bits per heavy atom. The van der Waals surface area contributed by atoms with Crippen molar-refractivity contribution in [2.75, 3.05) is 6.67 Å². The first-order valence-corrected chi connectivity index (χ1v) is 4.70. The summed E-state index contributed by atoms with van der Waals surface area (Å²) in [5.41, 5.74) is 7.94. The molecule has 1 aromatic carbocycles. The average molecular weight is 229 g/mol. The summed E-state index contributed by atoms with van der Waals surface area (Å²) < 4.78 is 12.2. The molecule has 2 rings (SSSR count). The number of fused-ring (bicyclic) bond motifs is 1. The number of H-pyrrole nitrogens is 1. The largest absolute Gasteiger partial charge is 0.361 e. The van der Waals surface area contributed by atoms with Crippen LogP contribution in [-0.2, 0) is 0 Å². The van der Waals surface area contributed by atoms with Gasteiger partial charge in [0.15, 0.2) is 0 Å². The van der Waals surface area contributed by atoms with E-state index in [1.165, 1.54) is 0 Å². The van der Waals surface area contributed by atoms with E-state index in [0.717, 1.165) is 16.5 Å². The number of rotatable bonds is 3. The van der Waals surface area contributed by atoms with Gasteiger partial charge in [-0.1, -0.05) is 12.1 Å². The van der Waals surface area contributed by atoms with Crippen LogP contribution in [0.1, 0.15) is 18.0 Å². The Bertz CT molecular complexity index is 427. The Morgan fingerprint density at radius 2 is 2.13 bits per heavy atom. The molecule has 0 aliphatic rings. The van der Waals surface area contributed by atoms with Crippen LogP contribution in [0.5, 0.6) is 0 Å². The topological polar surface area (TPSA) is 41.8 Å². The number of halogens is 2. The number of benzene rings is 1. The number of alkyl halides is 1. The highest BCUT2D eigenvalue weighted by Gasteiger charge is 2.09. The smallest absolute Gasteiger partial charge is 0.0912 e. The molecule has 0 aliphatic carbocycles. The second kappa shape index (κ2) is 5.14. The Balaban J connectivity index is 0.00000112. The zero-order chi connectivity index (χ0) is 9.97. The van der Waals surface area contributed by atoms with Gasteiger partial charge in [-0.15, -0.1) is 12.4 Å². The predicted octanol–water partition coefficient (Wildman–Crippen LogP) is 2.95. The molecule has 82 valence electrons. The van der Waals surface area contributed by atoms with Crippen LogP contribution in [0.2, 0.25) is 0 Å². The fraction of sp³-hybridized carbons (Fsp3) is 0.273. The van der Waals surface area contributed by atoms with E-state index in [9.17, 15) is 4.39 Å². The first-order valence-electron chi connectivity index (χ1n) is 4.70. The summed E-state index contributed by atoms with van der Waals surface area (Å²) in [5.74, 6) is 0. The van der Waals surface area contributed by atoms with Gasteiger partial charge in [0.2, 0.25) is 0 Å². The molecule has 0 fully saturated rings. The summed E-state index contributed by atoms with van der Waals surface area (Å²) in [6, 6.07) is 7.64. The lowest BCUT2D eigenvalue weighted by atomic mass is 10.0. The fourth-order valence-electron chi connectivity index (χ4n) is 1.71. The number of nitrogens with two attached hydrogens (primary N) is 1. The van der Waals surface area contributed by atoms with E-state index in [4.69, 9.17) is 5.73 Å². The standard InChI is InChI=1S/C11H13FN2.ClH/c12-6-4-10(13)8-2-1-3-11-9(8)5-7-14-11;/h1-3,5,7,10,14H,4,6,13H2;1H/t10-;/m0./s1. The van der Waals surface area contributed by atoms with Crippen molar-refractivity contribution in [3.8, 4) is 0 Å². The van der Waals surface area contributed by atoms with Gasteiger partial charge >= 0.3 is 0 Å². The first-order chi connectivity index (χ1) is 6.83. The molecule has 3 N–H and O–H groups in total. The zero-order valence-corrected chi connectivity index (χ0v) is 9.06. The molecule has 1 aromatic heterocycles. The Labute approximate surface area is 94.1 Å². The zero-order valence-electron chi connectivity index (χ0n) is 8.24. The van der Waals surface area contributed by atoms with Gasteiger partial charge in [0, 0.05) is 23.1 Å². The molecule has 0 saturated carbocycles. The Kier molecular flexibility index (Phi) is 4.12. The lowest BCUT2D eigenvalue weighted by Crippen LogP contribution is -2.11. The highest BCUT2D eigenvalue weighted by atomic mass is 35.5. The predicted molar refractivity (Wildman–Crippen MR) is 63.1 cm³/mol. The van der Waals surface area contributed by atoms with Gasteiger partial charge in [-0.2, -0.15) is 0 Å². The van der Waals surface area contributed by atoms with Crippen molar-refractivity contribution in [3.63, 3.8) is 0 Å². The number of nitrogens with one attached hydrogen (secondary N) is 1. The minimum Gasteiger partial charge on any atom is -0.361 e. The molecule has 1 heterocycles. The SMILES string of the molecule is Cl.N[C@@H](CCF)c1cccc2[nH]ccc12. The molecule has 0 saturated heterocycles. The molecule has 2 aromatic rings. The van der Waals surface area contributed by atoms with Crippen molar-refractivity contribution in [2.24, 2.45) is 5.73 Å². The number of aromatic nitrogens is 1. The fourth-order valence-corrected chi connectivity index (χ4v) is 1.71. The normalized spacial score (nSPS) is 12.4. The van der Waals surface area contributed by atoms with Crippen molar-refractivity contribution in [3.05, 3.63) is 36.0 Å². The third kappa shape index (κ3) is 2.30. The van der Waals surface area contributed by atoms with Crippen molar-refractivity contribution in [1.29, 1.82) is 0 Å². The van der Waals surface area contributed by atoms with E-state index in [0.29, 0.717) is 6.42 Å². The monoisotopic (exact) mass is 228 g/mol. The van der Waals surface area contributed by atoms with E-state index in [-0.39, 0.29) is 25.1 Å². The molecular formula is C11H14ClFN2. The third-order valence-corrected chi connectivity index (χ3v) is 2.45. The first kappa shape index (κ1) is 12.0. The second-order valence-electron chi connectivity index (χ2n) is 3.37. The summed E-state index contributed by atoms with van der Waals surface area (Å²) in [7, 11) is 0.